The molecule has 7 nitrogen and oxygen atoms in total. The van der Waals surface area contributed by atoms with E-state index in [-0.39, 0.29) is 12.5 Å². The third kappa shape index (κ3) is 4.08. The van der Waals surface area contributed by atoms with Crippen LogP contribution < -0.4 is 5.32 Å². The zero-order chi connectivity index (χ0) is 23.9. The van der Waals surface area contributed by atoms with Crippen LogP contribution in [0.2, 0.25) is 0 Å². The van der Waals surface area contributed by atoms with Crippen molar-refractivity contribution < 1.29 is 23.9 Å². The van der Waals surface area contributed by atoms with Gasteiger partial charge < -0.3 is 10.1 Å². The zero-order valence-electron chi connectivity index (χ0n) is 19.3. The summed E-state index contributed by atoms with van der Waals surface area (Å²) < 4.78 is 5.28. The van der Waals surface area contributed by atoms with Crippen LogP contribution in [0.15, 0.2) is 24.3 Å². The summed E-state index contributed by atoms with van der Waals surface area (Å²) in [5.41, 5.74) is 1.94. The van der Waals surface area contributed by atoms with Crippen molar-refractivity contribution in [1.29, 1.82) is 0 Å². The number of fused-ring (bicyclic) bond motifs is 2. The summed E-state index contributed by atoms with van der Waals surface area (Å²) in [7, 11) is 0. The number of amides is 3. The molecule has 1 aromatic heterocycles. The minimum absolute atomic E-state index is 0.233. The van der Waals surface area contributed by atoms with E-state index in [9.17, 15) is 19.2 Å². The molecule has 0 saturated carbocycles. The first-order valence-electron chi connectivity index (χ1n) is 11.3. The molecule has 0 radical (unpaired) electrons. The van der Waals surface area contributed by atoms with Crippen LogP contribution in [0.25, 0.3) is 0 Å². The van der Waals surface area contributed by atoms with Gasteiger partial charge in [0.05, 0.1) is 23.3 Å². The van der Waals surface area contributed by atoms with Gasteiger partial charge in [-0.2, -0.15) is 0 Å². The summed E-state index contributed by atoms with van der Waals surface area (Å²) in [6.07, 6.45) is 2.56. The minimum Gasteiger partial charge on any atom is -0.462 e. The van der Waals surface area contributed by atoms with Crippen LogP contribution >= 0.6 is 11.3 Å². The van der Waals surface area contributed by atoms with Crippen molar-refractivity contribution in [1.82, 2.24) is 4.90 Å². The van der Waals surface area contributed by atoms with E-state index in [2.05, 4.69) is 12.2 Å². The van der Waals surface area contributed by atoms with E-state index < -0.39 is 29.7 Å². The van der Waals surface area contributed by atoms with Gasteiger partial charge in [0.25, 0.3) is 11.8 Å². The van der Waals surface area contributed by atoms with Crippen LogP contribution in [-0.2, 0) is 22.4 Å². The lowest BCUT2D eigenvalue weighted by atomic mass is 9.88. The Kier molecular flexibility index (Phi) is 6.38. The molecule has 0 fully saturated rings. The third-order valence-electron chi connectivity index (χ3n) is 6.23. The van der Waals surface area contributed by atoms with Gasteiger partial charge in [-0.25, -0.2) is 4.79 Å². The minimum atomic E-state index is -1.01. The highest BCUT2D eigenvalue weighted by Gasteiger charge is 2.44. The molecule has 3 amide bonds. The summed E-state index contributed by atoms with van der Waals surface area (Å²) >= 11 is 1.39. The Balaban J connectivity index is 1.67. The number of carbonyl (C=O) groups excluding carboxylic acids is 4. The monoisotopic (exact) mass is 468 g/mol. The summed E-state index contributed by atoms with van der Waals surface area (Å²) in [5.74, 6) is -1.73. The van der Waals surface area contributed by atoms with E-state index in [0.29, 0.717) is 27.6 Å². The second-order valence-corrected chi connectivity index (χ2v) is 10.1. The molecule has 33 heavy (non-hydrogen) atoms. The standard InChI is InChI=1S/C25H28N2O5S/c1-5-32-25(31)19-17-11-10-14(4)12-18(17)33-22(19)26-21(28)20(13(2)3)27-23(29)15-8-6-7-9-16(15)24(27)30/h6-9,13-14,20H,5,10-12H2,1-4H3,(H,26,28). The number of thiophene rings is 1. The number of benzene rings is 1. The first-order chi connectivity index (χ1) is 15.7. The summed E-state index contributed by atoms with van der Waals surface area (Å²) in [4.78, 5) is 54.4. The maximum atomic E-state index is 13.5. The fourth-order valence-corrected chi connectivity index (χ4v) is 6.02. The van der Waals surface area contributed by atoms with Crippen molar-refractivity contribution >= 4 is 40.0 Å². The van der Waals surface area contributed by atoms with E-state index in [1.807, 2.05) is 0 Å². The molecule has 174 valence electrons. The molecule has 1 aliphatic heterocycles. The number of nitrogens with zero attached hydrogens (tertiary/aromatic N) is 1. The van der Waals surface area contributed by atoms with Crippen molar-refractivity contribution in [2.45, 2.75) is 53.0 Å². The Morgan fingerprint density at radius 1 is 1.18 bits per heavy atom. The van der Waals surface area contributed by atoms with Crippen LogP contribution in [0, 0.1) is 11.8 Å². The Bertz CT molecular complexity index is 1100. The van der Waals surface area contributed by atoms with Crippen LogP contribution in [0.5, 0.6) is 0 Å². The number of rotatable bonds is 6. The molecule has 1 N–H and O–H groups in total. The van der Waals surface area contributed by atoms with E-state index in [1.54, 1.807) is 45.0 Å². The van der Waals surface area contributed by atoms with Crippen molar-refractivity contribution in [2.24, 2.45) is 11.8 Å². The van der Waals surface area contributed by atoms with Crippen molar-refractivity contribution in [3.63, 3.8) is 0 Å². The lowest BCUT2D eigenvalue weighted by molar-refractivity contribution is -0.121. The number of anilines is 1. The number of imide groups is 1. The number of ether oxygens (including phenoxy) is 1. The van der Waals surface area contributed by atoms with Gasteiger partial charge in [-0.15, -0.1) is 11.3 Å². The summed E-state index contributed by atoms with van der Waals surface area (Å²) in [6.45, 7) is 7.73. The second-order valence-electron chi connectivity index (χ2n) is 8.98. The second kappa shape index (κ2) is 9.09. The van der Waals surface area contributed by atoms with E-state index in [1.165, 1.54) is 11.3 Å². The first kappa shape index (κ1) is 23.2. The van der Waals surface area contributed by atoms with Crippen LogP contribution in [-0.4, -0.2) is 41.2 Å². The number of nitrogens with one attached hydrogen (secondary N) is 1. The summed E-state index contributed by atoms with van der Waals surface area (Å²) in [6, 6.07) is 5.57. The number of carbonyl (C=O) groups is 4. The molecular weight excluding hydrogens is 440 g/mol. The number of esters is 1. The van der Waals surface area contributed by atoms with Gasteiger partial charge in [0.15, 0.2) is 0 Å². The predicted octanol–water partition coefficient (Wildman–Crippen LogP) is 4.31. The van der Waals surface area contributed by atoms with Crippen LogP contribution in [0.1, 0.15) is 75.6 Å². The fourth-order valence-electron chi connectivity index (χ4n) is 4.62. The maximum absolute atomic E-state index is 13.5. The van der Waals surface area contributed by atoms with Gasteiger partial charge in [0.1, 0.15) is 11.0 Å². The largest absolute Gasteiger partial charge is 0.462 e. The fraction of sp³-hybridized carbons (Fsp3) is 0.440. The molecule has 2 atom stereocenters. The molecule has 2 unspecified atom stereocenters. The normalized spacial score (nSPS) is 18.2. The van der Waals surface area contributed by atoms with Gasteiger partial charge >= 0.3 is 5.97 Å². The molecule has 8 heteroatoms. The Morgan fingerprint density at radius 2 is 1.82 bits per heavy atom. The molecule has 0 saturated heterocycles. The maximum Gasteiger partial charge on any atom is 0.341 e. The molecule has 2 aromatic rings. The molecule has 2 heterocycles. The molecular formula is C25H28N2O5S. The van der Waals surface area contributed by atoms with E-state index >= 15 is 0 Å². The highest BCUT2D eigenvalue weighted by atomic mass is 32.1. The average molecular weight is 469 g/mol. The molecule has 4 rings (SSSR count). The van der Waals surface area contributed by atoms with Crippen molar-refractivity contribution in [3.8, 4) is 0 Å². The Morgan fingerprint density at radius 3 is 2.39 bits per heavy atom. The van der Waals surface area contributed by atoms with Crippen LogP contribution in [0.4, 0.5) is 5.00 Å². The first-order valence-corrected chi connectivity index (χ1v) is 12.2. The quantitative estimate of drug-likeness (QED) is 0.504. The van der Waals surface area contributed by atoms with E-state index in [4.69, 9.17) is 4.74 Å². The third-order valence-corrected chi connectivity index (χ3v) is 7.40. The Hall–Kier alpha value is -3.00. The molecule has 2 aliphatic rings. The van der Waals surface area contributed by atoms with E-state index in [0.717, 1.165) is 34.6 Å². The molecule has 1 aliphatic carbocycles. The Labute approximate surface area is 197 Å². The SMILES string of the molecule is CCOC(=O)c1c(NC(=O)C(C(C)C)N2C(=O)c3ccccc3C2=O)sc2c1CCC(C)C2. The zero-order valence-corrected chi connectivity index (χ0v) is 20.1. The van der Waals surface area contributed by atoms with Gasteiger partial charge in [-0.1, -0.05) is 32.9 Å². The number of hydrogen-bond acceptors (Lipinski definition) is 6. The van der Waals surface area contributed by atoms with Crippen LogP contribution in [0.3, 0.4) is 0 Å². The number of hydrogen-bond donors (Lipinski definition) is 1. The van der Waals surface area contributed by atoms with Gasteiger partial charge in [-0.05, 0) is 55.7 Å². The highest BCUT2D eigenvalue weighted by molar-refractivity contribution is 7.17. The lowest BCUT2D eigenvalue weighted by Crippen LogP contribution is -2.50. The van der Waals surface area contributed by atoms with Crippen molar-refractivity contribution in [3.05, 3.63) is 51.4 Å². The molecule has 0 bridgehead atoms. The van der Waals surface area contributed by atoms with Gasteiger partial charge in [-0.3, -0.25) is 19.3 Å². The molecule has 0 spiro atoms. The summed E-state index contributed by atoms with van der Waals surface area (Å²) in [5, 5.41) is 3.31. The topological polar surface area (TPSA) is 92.8 Å². The van der Waals surface area contributed by atoms with Gasteiger partial charge in [0.2, 0.25) is 5.91 Å². The van der Waals surface area contributed by atoms with Gasteiger partial charge in [0, 0.05) is 4.88 Å². The van der Waals surface area contributed by atoms with Crippen molar-refractivity contribution in [2.75, 3.05) is 11.9 Å². The highest BCUT2D eigenvalue weighted by Crippen LogP contribution is 2.40. The predicted molar refractivity (Wildman–Crippen MR) is 126 cm³/mol. The molecule has 1 aromatic carbocycles. The average Bonchev–Trinajstić information content (AvgIpc) is 3.23. The smallest absolute Gasteiger partial charge is 0.341 e. The lowest BCUT2D eigenvalue weighted by Gasteiger charge is -2.28.